The molecular weight excluding hydrogens is 340 g/mol. The lowest BCUT2D eigenvalue weighted by atomic mass is 9.93. The summed E-state index contributed by atoms with van der Waals surface area (Å²) >= 11 is 0. The Morgan fingerprint density at radius 3 is 2.78 bits per heavy atom. The number of hydrogen-bond donors (Lipinski definition) is 1. The second-order valence-electron chi connectivity index (χ2n) is 8.63. The topological polar surface area (TPSA) is 57.7 Å². The van der Waals surface area contributed by atoms with E-state index in [4.69, 9.17) is 4.74 Å². The highest BCUT2D eigenvalue weighted by Gasteiger charge is 2.58. The van der Waals surface area contributed by atoms with E-state index in [1.165, 1.54) is 0 Å². The molecule has 2 atom stereocenters. The standard InChI is InChI=1S/C21H32N4O2/c1-24(2)19-6-5-17(15-22-19)23-16-4-3-10-25(11-7-16)20(26)18-14-21(18)8-12-27-13-9-21/h5-6,15-16,18,23H,3-4,7-14H2,1-2H3/t16-,18-/m0/s1. The quantitative estimate of drug-likeness (QED) is 0.881. The summed E-state index contributed by atoms with van der Waals surface area (Å²) in [6.45, 7) is 3.42. The molecule has 27 heavy (non-hydrogen) atoms. The van der Waals surface area contributed by atoms with Gasteiger partial charge in [-0.1, -0.05) is 0 Å². The van der Waals surface area contributed by atoms with Crippen LogP contribution < -0.4 is 10.2 Å². The smallest absolute Gasteiger partial charge is 0.226 e. The zero-order valence-electron chi connectivity index (χ0n) is 16.6. The van der Waals surface area contributed by atoms with Crippen molar-refractivity contribution in [1.82, 2.24) is 9.88 Å². The first-order valence-electron chi connectivity index (χ1n) is 10.3. The van der Waals surface area contributed by atoms with Crippen LogP contribution in [0.2, 0.25) is 0 Å². The van der Waals surface area contributed by atoms with Crippen LogP contribution in [0.4, 0.5) is 11.5 Å². The lowest BCUT2D eigenvalue weighted by Crippen LogP contribution is -2.36. The van der Waals surface area contributed by atoms with Crippen LogP contribution in [-0.4, -0.2) is 62.2 Å². The van der Waals surface area contributed by atoms with Crippen molar-refractivity contribution in [2.24, 2.45) is 11.3 Å². The first-order valence-corrected chi connectivity index (χ1v) is 10.3. The van der Waals surface area contributed by atoms with E-state index in [0.717, 1.165) is 76.3 Å². The number of anilines is 2. The fourth-order valence-corrected chi connectivity index (χ4v) is 4.68. The Hall–Kier alpha value is -1.82. The molecule has 1 aromatic heterocycles. The maximum atomic E-state index is 13.0. The highest BCUT2D eigenvalue weighted by atomic mass is 16.5. The van der Waals surface area contributed by atoms with E-state index in [9.17, 15) is 4.79 Å². The number of amides is 1. The molecule has 6 nitrogen and oxygen atoms in total. The molecular formula is C21H32N4O2. The van der Waals surface area contributed by atoms with Crippen LogP contribution in [0.5, 0.6) is 0 Å². The number of rotatable bonds is 4. The molecule has 0 bridgehead atoms. The molecule has 0 unspecified atom stereocenters. The van der Waals surface area contributed by atoms with Crippen molar-refractivity contribution in [3.63, 3.8) is 0 Å². The normalized spacial score (nSPS) is 27.1. The molecule has 1 aromatic rings. The predicted octanol–water partition coefficient (Wildman–Crippen LogP) is 2.76. The SMILES string of the molecule is CN(C)c1ccc(N[C@H]2CCCN(C(=O)[C@@H]3CC34CCOCC4)CC2)cn1. The Balaban J connectivity index is 1.29. The molecule has 1 saturated carbocycles. The van der Waals surface area contributed by atoms with Gasteiger partial charge in [-0.15, -0.1) is 0 Å². The third kappa shape index (κ3) is 4.05. The Bertz CT molecular complexity index is 655. The molecule has 1 aliphatic carbocycles. The largest absolute Gasteiger partial charge is 0.381 e. The van der Waals surface area contributed by atoms with Crippen LogP contribution in [0.3, 0.4) is 0 Å². The van der Waals surface area contributed by atoms with Crippen molar-refractivity contribution < 1.29 is 9.53 Å². The maximum Gasteiger partial charge on any atom is 0.226 e. The molecule has 3 aliphatic rings. The van der Waals surface area contributed by atoms with Gasteiger partial charge in [0.25, 0.3) is 0 Å². The molecule has 6 heteroatoms. The van der Waals surface area contributed by atoms with Crippen molar-refractivity contribution in [1.29, 1.82) is 0 Å². The van der Waals surface area contributed by atoms with Gasteiger partial charge in [0, 0.05) is 52.4 Å². The molecule has 3 fully saturated rings. The van der Waals surface area contributed by atoms with Gasteiger partial charge in [-0.05, 0) is 56.1 Å². The molecule has 2 saturated heterocycles. The molecule has 1 N–H and O–H groups in total. The Morgan fingerprint density at radius 2 is 2.07 bits per heavy atom. The van der Waals surface area contributed by atoms with Gasteiger partial charge in [-0.25, -0.2) is 4.98 Å². The fraction of sp³-hybridized carbons (Fsp3) is 0.714. The van der Waals surface area contributed by atoms with Crippen molar-refractivity contribution in [2.75, 3.05) is 50.6 Å². The molecule has 1 spiro atoms. The summed E-state index contributed by atoms with van der Waals surface area (Å²) in [5, 5.41) is 3.61. The third-order valence-corrected chi connectivity index (χ3v) is 6.59. The molecule has 148 valence electrons. The Morgan fingerprint density at radius 1 is 1.26 bits per heavy atom. The number of hydrogen-bond acceptors (Lipinski definition) is 5. The lowest BCUT2D eigenvalue weighted by Gasteiger charge is -2.26. The Kier molecular flexibility index (Phi) is 5.26. The number of nitrogens with zero attached hydrogens (tertiary/aromatic N) is 3. The van der Waals surface area contributed by atoms with Gasteiger partial charge in [0.05, 0.1) is 11.9 Å². The summed E-state index contributed by atoms with van der Waals surface area (Å²) in [5.74, 6) is 1.62. The molecule has 4 rings (SSSR count). The lowest BCUT2D eigenvalue weighted by molar-refractivity contribution is -0.134. The summed E-state index contributed by atoms with van der Waals surface area (Å²) < 4.78 is 5.49. The van der Waals surface area contributed by atoms with Crippen molar-refractivity contribution in [2.45, 2.75) is 44.6 Å². The van der Waals surface area contributed by atoms with Gasteiger partial charge in [0.15, 0.2) is 0 Å². The van der Waals surface area contributed by atoms with Crippen LogP contribution >= 0.6 is 0 Å². The van der Waals surface area contributed by atoms with E-state index in [1.54, 1.807) is 0 Å². The maximum absolute atomic E-state index is 13.0. The van der Waals surface area contributed by atoms with E-state index in [0.29, 0.717) is 11.9 Å². The zero-order valence-corrected chi connectivity index (χ0v) is 16.6. The minimum Gasteiger partial charge on any atom is -0.381 e. The number of aromatic nitrogens is 1. The van der Waals surface area contributed by atoms with E-state index in [-0.39, 0.29) is 11.3 Å². The highest BCUT2D eigenvalue weighted by molar-refractivity contribution is 5.82. The van der Waals surface area contributed by atoms with Crippen LogP contribution in [0, 0.1) is 11.3 Å². The summed E-state index contributed by atoms with van der Waals surface area (Å²) in [6.07, 6.45) is 8.29. The molecule has 2 aliphatic heterocycles. The van der Waals surface area contributed by atoms with Gasteiger partial charge in [0.2, 0.25) is 5.91 Å². The summed E-state index contributed by atoms with van der Waals surface area (Å²) in [4.78, 5) is 21.6. The second-order valence-corrected chi connectivity index (χ2v) is 8.63. The average Bonchev–Trinajstić information content (AvgIpc) is 3.41. The average molecular weight is 373 g/mol. The number of nitrogens with one attached hydrogen (secondary N) is 1. The van der Waals surface area contributed by atoms with Crippen molar-refractivity contribution in [3.05, 3.63) is 18.3 Å². The van der Waals surface area contributed by atoms with Gasteiger partial charge >= 0.3 is 0 Å². The summed E-state index contributed by atoms with van der Waals surface area (Å²) in [6, 6.07) is 4.54. The minimum absolute atomic E-state index is 0.258. The van der Waals surface area contributed by atoms with Crippen LogP contribution in [0.25, 0.3) is 0 Å². The third-order valence-electron chi connectivity index (χ3n) is 6.59. The zero-order chi connectivity index (χ0) is 18.9. The summed E-state index contributed by atoms with van der Waals surface area (Å²) in [5.41, 5.74) is 1.34. The number of ether oxygens (including phenoxy) is 1. The van der Waals surface area contributed by atoms with E-state index in [1.807, 2.05) is 31.3 Å². The number of carbonyl (C=O) groups excluding carboxylic acids is 1. The molecule has 0 aromatic carbocycles. The Labute approximate surface area is 162 Å². The van der Waals surface area contributed by atoms with Gasteiger partial charge in [0.1, 0.15) is 5.82 Å². The van der Waals surface area contributed by atoms with Gasteiger partial charge < -0.3 is 19.9 Å². The summed E-state index contributed by atoms with van der Waals surface area (Å²) in [7, 11) is 3.99. The van der Waals surface area contributed by atoms with E-state index >= 15 is 0 Å². The molecule has 1 amide bonds. The monoisotopic (exact) mass is 372 g/mol. The van der Waals surface area contributed by atoms with E-state index < -0.39 is 0 Å². The molecule has 0 radical (unpaired) electrons. The number of likely N-dealkylation sites (tertiary alicyclic amines) is 1. The fourth-order valence-electron chi connectivity index (χ4n) is 4.68. The van der Waals surface area contributed by atoms with Crippen molar-refractivity contribution in [3.8, 4) is 0 Å². The first-order chi connectivity index (χ1) is 13.1. The van der Waals surface area contributed by atoms with Gasteiger partial charge in [-0.3, -0.25) is 4.79 Å². The first kappa shape index (κ1) is 18.5. The minimum atomic E-state index is 0.258. The van der Waals surface area contributed by atoms with Crippen LogP contribution in [0.15, 0.2) is 18.3 Å². The predicted molar refractivity (Wildman–Crippen MR) is 107 cm³/mol. The van der Waals surface area contributed by atoms with Gasteiger partial charge in [-0.2, -0.15) is 0 Å². The highest BCUT2D eigenvalue weighted by Crippen LogP contribution is 2.59. The molecule has 3 heterocycles. The van der Waals surface area contributed by atoms with Crippen molar-refractivity contribution >= 4 is 17.4 Å². The second kappa shape index (κ2) is 7.66. The van der Waals surface area contributed by atoms with Crippen LogP contribution in [0.1, 0.15) is 38.5 Å². The van der Waals surface area contributed by atoms with Crippen LogP contribution in [-0.2, 0) is 9.53 Å². The van der Waals surface area contributed by atoms with E-state index in [2.05, 4.69) is 21.3 Å². The number of pyridine rings is 1. The number of carbonyl (C=O) groups is 1.